The lowest BCUT2D eigenvalue weighted by Gasteiger charge is -2.23. The third-order valence-corrected chi connectivity index (χ3v) is 2.98. The molecule has 0 aromatic carbocycles. The highest BCUT2D eigenvalue weighted by Gasteiger charge is 2.20. The van der Waals surface area contributed by atoms with Gasteiger partial charge >= 0.3 is 5.97 Å². The summed E-state index contributed by atoms with van der Waals surface area (Å²) in [6, 6.07) is 0. The summed E-state index contributed by atoms with van der Waals surface area (Å²) >= 11 is 0. The lowest BCUT2D eigenvalue weighted by Crippen LogP contribution is -2.31. The first-order chi connectivity index (χ1) is 7.58. The Bertz CT molecular complexity index is 224. The molecule has 0 bridgehead atoms. The minimum Gasteiger partial charge on any atom is -0.481 e. The Hall–Kier alpha value is -0.710. The first-order valence-electron chi connectivity index (χ1n) is 5.80. The molecule has 1 unspecified atom stereocenters. The average molecular weight is 235 g/mol. The van der Waals surface area contributed by atoms with E-state index in [0.717, 1.165) is 25.8 Å². The van der Waals surface area contributed by atoms with Gasteiger partial charge in [-0.15, -0.1) is 0 Å². The van der Waals surface area contributed by atoms with E-state index in [1.807, 2.05) is 4.90 Å². The molecule has 0 radical (unpaired) electrons. The molecule has 0 aromatic heterocycles. The summed E-state index contributed by atoms with van der Waals surface area (Å²) < 4.78 is 24.2. The number of halogens is 2. The summed E-state index contributed by atoms with van der Waals surface area (Å²) in [6.07, 6.45) is 0.673. The van der Waals surface area contributed by atoms with Crippen molar-refractivity contribution in [2.24, 2.45) is 5.92 Å². The number of likely N-dealkylation sites (tertiary alicyclic amines) is 1. The van der Waals surface area contributed by atoms with Gasteiger partial charge in [-0.1, -0.05) is 6.42 Å². The maximum absolute atomic E-state index is 12.1. The fourth-order valence-corrected chi connectivity index (χ4v) is 2.21. The molecule has 1 N–H and O–H groups in total. The SMILES string of the molecule is O=C(O)CC1CCCCN(CCC(F)F)C1. The number of carboxylic acid groups (broad SMARTS) is 1. The second-order valence-corrected chi connectivity index (χ2v) is 4.44. The highest BCUT2D eigenvalue weighted by atomic mass is 19.3. The van der Waals surface area contributed by atoms with Crippen molar-refractivity contribution in [2.45, 2.75) is 38.5 Å². The fourth-order valence-electron chi connectivity index (χ4n) is 2.21. The molecule has 5 heteroatoms. The van der Waals surface area contributed by atoms with Gasteiger partial charge in [0.2, 0.25) is 6.43 Å². The zero-order chi connectivity index (χ0) is 12.0. The van der Waals surface area contributed by atoms with E-state index in [1.165, 1.54) is 0 Å². The summed E-state index contributed by atoms with van der Waals surface area (Å²) in [7, 11) is 0. The van der Waals surface area contributed by atoms with Gasteiger partial charge in [0, 0.05) is 25.9 Å². The normalized spacial score (nSPS) is 23.3. The first kappa shape index (κ1) is 13.4. The number of nitrogens with zero attached hydrogens (tertiary/aromatic N) is 1. The smallest absolute Gasteiger partial charge is 0.303 e. The molecule has 0 amide bonds. The molecule has 1 saturated heterocycles. The number of hydrogen-bond acceptors (Lipinski definition) is 2. The summed E-state index contributed by atoms with van der Waals surface area (Å²) in [5.41, 5.74) is 0. The zero-order valence-corrected chi connectivity index (χ0v) is 9.37. The Morgan fingerprint density at radius 1 is 1.44 bits per heavy atom. The van der Waals surface area contributed by atoms with Gasteiger partial charge in [-0.3, -0.25) is 4.79 Å². The largest absolute Gasteiger partial charge is 0.481 e. The molecule has 16 heavy (non-hydrogen) atoms. The van der Waals surface area contributed by atoms with Gasteiger partial charge in [0.15, 0.2) is 0 Å². The Morgan fingerprint density at radius 3 is 2.81 bits per heavy atom. The molecular formula is C11H19F2NO2. The van der Waals surface area contributed by atoms with Crippen molar-refractivity contribution in [1.82, 2.24) is 4.90 Å². The van der Waals surface area contributed by atoms with Crippen LogP contribution in [-0.2, 0) is 4.79 Å². The van der Waals surface area contributed by atoms with Crippen LogP contribution < -0.4 is 0 Å². The number of rotatable bonds is 5. The van der Waals surface area contributed by atoms with Crippen molar-refractivity contribution in [2.75, 3.05) is 19.6 Å². The van der Waals surface area contributed by atoms with Gasteiger partial charge in [0.05, 0.1) is 0 Å². The third kappa shape index (κ3) is 5.39. The highest BCUT2D eigenvalue weighted by Crippen LogP contribution is 2.20. The van der Waals surface area contributed by atoms with Crippen LogP contribution in [0.4, 0.5) is 8.78 Å². The van der Waals surface area contributed by atoms with Crippen LogP contribution in [0.2, 0.25) is 0 Å². The molecular weight excluding hydrogens is 216 g/mol. The van der Waals surface area contributed by atoms with E-state index in [9.17, 15) is 13.6 Å². The third-order valence-electron chi connectivity index (χ3n) is 2.98. The lowest BCUT2D eigenvalue weighted by atomic mass is 10.00. The summed E-state index contributed by atoms with van der Waals surface area (Å²) in [4.78, 5) is 12.6. The molecule has 3 nitrogen and oxygen atoms in total. The molecule has 1 aliphatic rings. The monoisotopic (exact) mass is 235 g/mol. The maximum atomic E-state index is 12.1. The fraction of sp³-hybridized carbons (Fsp3) is 0.909. The summed E-state index contributed by atoms with van der Waals surface area (Å²) in [6.45, 7) is 1.86. The average Bonchev–Trinajstić information content (AvgIpc) is 2.39. The van der Waals surface area contributed by atoms with Crippen LogP contribution in [0.25, 0.3) is 0 Å². The number of hydrogen-bond donors (Lipinski definition) is 1. The van der Waals surface area contributed by atoms with E-state index >= 15 is 0 Å². The maximum Gasteiger partial charge on any atom is 0.303 e. The predicted octanol–water partition coefficient (Wildman–Crippen LogP) is 2.22. The van der Waals surface area contributed by atoms with Crippen molar-refractivity contribution in [1.29, 1.82) is 0 Å². The molecule has 0 aromatic rings. The Balaban J connectivity index is 2.36. The van der Waals surface area contributed by atoms with Gasteiger partial charge in [-0.2, -0.15) is 0 Å². The van der Waals surface area contributed by atoms with Crippen LogP contribution in [-0.4, -0.2) is 42.0 Å². The molecule has 94 valence electrons. The highest BCUT2D eigenvalue weighted by molar-refractivity contribution is 5.67. The molecule has 1 rings (SSSR count). The standard InChI is InChI=1S/C11H19F2NO2/c12-10(13)4-6-14-5-2-1-3-9(8-14)7-11(15)16/h9-10H,1-8H2,(H,15,16). The van der Waals surface area contributed by atoms with E-state index in [1.54, 1.807) is 0 Å². The summed E-state index contributed by atoms with van der Waals surface area (Å²) in [5, 5.41) is 8.72. The van der Waals surface area contributed by atoms with Crippen LogP contribution in [0.1, 0.15) is 32.1 Å². The van der Waals surface area contributed by atoms with Crippen molar-refractivity contribution < 1.29 is 18.7 Å². The molecule has 1 fully saturated rings. The van der Waals surface area contributed by atoms with Crippen LogP contribution in [0.3, 0.4) is 0 Å². The van der Waals surface area contributed by atoms with E-state index in [-0.39, 0.29) is 18.8 Å². The quantitative estimate of drug-likeness (QED) is 0.794. The molecule has 1 atom stereocenters. The second-order valence-electron chi connectivity index (χ2n) is 4.44. The first-order valence-corrected chi connectivity index (χ1v) is 5.80. The molecule has 0 aliphatic carbocycles. The minimum atomic E-state index is -2.26. The Labute approximate surface area is 94.4 Å². The van der Waals surface area contributed by atoms with Gasteiger partial charge in [0.1, 0.15) is 0 Å². The topological polar surface area (TPSA) is 40.5 Å². The van der Waals surface area contributed by atoms with Crippen molar-refractivity contribution >= 4 is 5.97 Å². The van der Waals surface area contributed by atoms with E-state index in [2.05, 4.69) is 0 Å². The van der Waals surface area contributed by atoms with Gasteiger partial charge in [-0.05, 0) is 25.3 Å². The van der Waals surface area contributed by atoms with Crippen LogP contribution in [0, 0.1) is 5.92 Å². The molecule has 0 spiro atoms. The van der Waals surface area contributed by atoms with E-state index < -0.39 is 12.4 Å². The van der Waals surface area contributed by atoms with Crippen molar-refractivity contribution in [3.05, 3.63) is 0 Å². The molecule has 0 saturated carbocycles. The van der Waals surface area contributed by atoms with Crippen LogP contribution >= 0.6 is 0 Å². The number of aliphatic carboxylic acids is 1. The summed E-state index contributed by atoms with van der Waals surface area (Å²) in [5.74, 6) is -0.668. The number of carboxylic acids is 1. The van der Waals surface area contributed by atoms with Crippen molar-refractivity contribution in [3.63, 3.8) is 0 Å². The van der Waals surface area contributed by atoms with Crippen LogP contribution in [0.15, 0.2) is 0 Å². The minimum absolute atomic E-state index is 0.111. The Kier molecular flexibility index (Phi) is 5.66. The van der Waals surface area contributed by atoms with Gasteiger partial charge in [0.25, 0.3) is 0 Å². The zero-order valence-electron chi connectivity index (χ0n) is 9.37. The van der Waals surface area contributed by atoms with E-state index in [0.29, 0.717) is 13.1 Å². The van der Waals surface area contributed by atoms with Crippen LogP contribution in [0.5, 0.6) is 0 Å². The Morgan fingerprint density at radius 2 is 2.19 bits per heavy atom. The lowest BCUT2D eigenvalue weighted by molar-refractivity contribution is -0.138. The molecule has 1 aliphatic heterocycles. The van der Waals surface area contributed by atoms with Gasteiger partial charge in [-0.25, -0.2) is 8.78 Å². The van der Waals surface area contributed by atoms with E-state index in [4.69, 9.17) is 5.11 Å². The predicted molar refractivity (Wildman–Crippen MR) is 56.7 cm³/mol. The number of carbonyl (C=O) groups is 1. The van der Waals surface area contributed by atoms with Gasteiger partial charge < -0.3 is 10.0 Å². The van der Waals surface area contributed by atoms with Crippen molar-refractivity contribution in [3.8, 4) is 0 Å². The second kappa shape index (κ2) is 6.78. The number of alkyl halides is 2. The molecule has 1 heterocycles.